The molecule has 0 N–H and O–H groups in total. The highest BCUT2D eigenvalue weighted by Gasteiger charge is 2.32. The zero-order chi connectivity index (χ0) is 29.2. The average Bonchev–Trinajstić information content (AvgIpc) is 2.90. The second-order valence-corrected chi connectivity index (χ2v) is 13.3. The van der Waals surface area contributed by atoms with E-state index in [1.807, 2.05) is 24.3 Å². The molecule has 1 saturated heterocycles. The normalized spacial score (nSPS) is 18.3. The van der Waals surface area contributed by atoms with Crippen LogP contribution in [0.25, 0.3) is 0 Å². The maximum Gasteiger partial charge on any atom is 0.343 e. The standard InChI is InChI=1S/C35H46N2O3/c1-24-23-36(8)20-19-31(24)37(26-13-11-10-12-14-26)27-17-15-25(16-18-27)33(38)40-32-29(34(2,3)4)21-28(39-9)22-30(32)35(5,6)7/h10-18,21-22,24,31H,19-20,23H2,1-9H3/t24-,31+/m1/s1. The van der Waals surface area contributed by atoms with Gasteiger partial charge >= 0.3 is 5.97 Å². The van der Waals surface area contributed by atoms with Crippen LogP contribution in [0, 0.1) is 5.92 Å². The Labute approximate surface area is 241 Å². The molecule has 0 bridgehead atoms. The van der Waals surface area contributed by atoms with E-state index < -0.39 is 0 Å². The van der Waals surface area contributed by atoms with E-state index >= 15 is 0 Å². The number of piperidine rings is 1. The van der Waals surface area contributed by atoms with E-state index in [2.05, 4.69) is 108 Å². The van der Waals surface area contributed by atoms with Crippen LogP contribution in [0.1, 0.15) is 76.4 Å². The lowest BCUT2D eigenvalue weighted by Gasteiger charge is -2.43. The van der Waals surface area contributed by atoms with Crippen LogP contribution in [0.5, 0.6) is 11.5 Å². The molecule has 214 valence electrons. The number of nitrogens with zero attached hydrogens (tertiary/aromatic N) is 2. The Hall–Kier alpha value is -3.31. The summed E-state index contributed by atoms with van der Waals surface area (Å²) in [5.74, 6) is 1.54. The first-order valence-electron chi connectivity index (χ1n) is 14.4. The van der Waals surface area contributed by atoms with Crippen molar-refractivity contribution in [2.24, 2.45) is 5.92 Å². The molecule has 0 aromatic heterocycles. The fourth-order valence-corrected chi connectivity index (χ4v) is 5.70. The van der Waals surface area contributed by atoms with Crippen LogP contribution in [0.2, 0.25) is 0 Å². The molecule has 0 saturated carbocycles. The summed E-state index contributed by atoms with van der Waals surface area (Å²) in [4.78, 5) is 18.4. The Balaban J connectivity index is 1.68. The summed E-state index contributed by atoms with van der Waals surface area (Å²) in [7, 11) is 3.87. The highest BCUT2D eigenvalue weighted by atomic mass is 16.5. The minimum atomic E-state index is -0.355. The smallest absolute Gasteiger partial charge is 0.343 e. The molecule has 5 nitrogen and oxygen atoms in total. The number of methoxy groups -OCH3 is 1. The third-order valence-electron chi connectivity index (χ3n) is 7.92. The Morgan fingerprint density at radius 2 is 1.43 bits per heavy atom. The molecule has 40 heavy (non-hydrogen) atoms. The molecule has 0 amide bonds. The largest absolute Gasteiger partial charge is 0.497 e. The summed E-state index contributed by atoms with van der Waals surface area (Å²) in [5.41, 5.74) is 4.20. The lowest BCUT2D eigenvalue weighted by atomic mass is 9.79. The third kappa shape index (κ3) is 6.52. The SMILES string of the molecule is COc1cc(C(C)(C)C)c(OC(=O)c2ccc(N(c3ccccc3)[C@H]3CCN(C)C[C@H]3C)cc2)c(C(C)(C)C)c1. The Morgan fingerprint density at radius 1 is 0.875 bits per heavy atom. The molecule has 3 aromatic carbocycles. The highest BCUT2D eigenvalue weighted by molar-refractivity contribution is 5.92. The van der Waals surface area contributed by atoms with Crippen molar-refractivity contribution in [1.82, 2.24) is 4.90 Å². The van der Waals surface area contributed by atoms with Gasteiger partial charge in [-0.1, -0.05) is 66.7 Å². The maximum absolute atomic E-state index is 13.6. The molecule has 0 spiro atoms. The van der Waals surface area contributed by atoms with Crippen molar-refractivity contribution in [3.63, 3.8) is 0 Å². The van der Waals surface area contributed by atoms with Gasteiger partial charge in [-0.3, -0.25) is 0 Å². The minimum Gasteiger partial charge on any atom is -0.497 e. The number of anilines is 2. The van der Waals surface area contributed by atoms with Crippen LogP contribution in [0.3, 0.4) is 0 Å². The van der Waals surface area contributed by atoms with Crippen molar-refractivity contribution in [1.29, 1.82) is 0 Å². The van der Waals surface area contributed by atoms with Gasteiger partial charge in [0.1, 0.15) is 11.5 Å². The lowest BCUT2D eigenvalue weighted by Crippen LogP contribution is -2.47. The Bertz CT molecular complexity index is 1270. The number of rotatable bonds is 6. The van der Waals surface area contributed by atoms with Crippen LogP contribution in [-0.2, 0) is 10.8 Å². The number of hydrogen-bond acceptors (Lipinski definition) is 5. The minimum absolute atomic E-state index is 0.241. The van der Waals surface area contributed by atoms with Gasteiger partial charge in [0.05, 0.1) is 12.7 Å². The molecule has 1 aliphatic heterocycles. The first kappa shape index (κ1) is 29.7. The van der Waals surface area contributed by atoms with Gasteiger partial charge in [0.15, 0.2) is 0 Å². The Morgan fingerprint density at radius 3 is 1.93 bits per heavy atom. The number of carbonyl (C=O) groups excluding carboxylic acids is 1. The van der Waals surface area contributed by atoms with E-state index in [-0.39, 0.29) is 16.8 Å². The van der Waals surface area contributed by atoms with Gasteiger partial charge in [-0.2, -0.15) is 0 Å². The number of benzene rings is 3. The van der Waals surface area contributed by atoms with E-state index in [4.69, 9.17) is 9.47 Å². The summed E-state index contributed by atoms with van der Waals surface area (Å²) in [6, 6.07) is 22.8. The van der Waals surface area contributed by atoms with Crippen molar-refractivity contribution in [2.75, 3.05) is 32.1 Å². The molecular formula is C35H46N2O3. The topological polar surface area (TPSA) is 42.0 Å². The van der Waals surface area contributed by atoms with Gasteiger partial charge in [-0.25, -0.2) is 4.79 Å². The van der Waals surface area contributed by atoms with Crippen LogP contribution in [0.4, 0.5) is 11.4 Å². The van der Waals surface area contributed by atoms with E-state index in [0.717, 1.165) is 42.1 Å². The molecule has 1 fully saturated rings. The molecule has 5 heteroatoms. The molecular weight excluding hydrogens is 496 g/mol. The van der Waals surface area contributed by atoms with E-state index in [1.54, 1.807) is 7.11 Å². The first-order chi connectivity index (χ1) is 18.8. The van der Waals surface area contributed by atoms with Gasteiger partial charge in [0, 0.05) is 35.1 Å². The molecule has 1 heterocycles. The zero-order valence-electron chi connectivity index (χ0n) is 25.7. The van der Waals surface area contributed by atoms with Gasteiger partial charge in [0.25, 0.3) is 0 Å². The van der Waals surface area contributed by atoms with Crippen molar-refractivity contribution >= 4 is 17.3 Å². The molecule has 1 aliphatic rings. The molecule has 2 atom stereocenters. The number of esters is 1. The second kappa shape index (κ2) is 11.7. The van der Waals surface area contributed by atoms with Gasteiger partial charge in [-0.05, 0) is 85.3 Å². The van der Waals surface area contributed by atoms with Crippen LogP contribution < -0.4 is 14.4 Å². The summed E-state index contributed by atoms with van der Waals surface area (Å²) in [5, 5.41) is 0. The molecule has 0 aliphatic carbocycles. The summed E-state index contributed by atoms with van der Waals surface area (Å²) in [6.45, 7) is 17.2. The third-order valence-corrected chi connectivity index (χ3v) is 7.92. The van der Waals surface area contributed by atoms with Crippen LogP contribution in [-0.4, -0.2) is 44.2 Å². The molecule has 4 rings (SSSR count). The van der Waals surface area contributed by atoms with E-state index in [1.165, 1.54) is 5.69 Å². The summed E-state index contributed by atoms with van der Waals surface area (Å²) in [6.07, 6.45) is 1.08. The quantitative estimate of drug-likeness (QED) is 0.233. The number of para-hydroxylation sites is 1. The monoisotopic (exact) mass is 542 g/mol. The fraction of sp³-hybridized carbons (Fsp3) is 0.457. The highest BCUT2D eigenvalue weighted by Crippen LogP contribution is 2.43. The molecule has 3 aromatic rings. The van der Waals surface area contributed by atoms with Gasteiger partial charge in [0.2, 0.25) is 0 Å². The second-order valence-electron chi connectivity index (χ2n) is 13.3. The predicted molar refractivity (Wildman–Crippen MR) is 165 cm³/mol. The van der Waals surface area contributed by atoms with Gasteiger partial charge in [-0.15, -0.1) is 0 Å². The van der Waals surface area contributed by atoms with Crippen molar-refractivity contribution in [2.45, 2.75) is 71.8 Å². The van der Waals surface area contributed by atoms with E-state index in [0.29, 0.717) is 23.3 Å². The number of carbonyl (C=O) groups is 1. The van der Waals surface area contributed by atoms with Gasteiger partial charge < -0.3 is 19.3 Å². The fourth-order valence-electron chi connectivity index (χ4n) is 5.70. The average molecular weight is 543 g/mol. The number of likely N-dealkylation sites (tertiary alicyclic amines) is 1. The van der Waals surface area contributed by atoms with Crippen LogP contribution >= 0.6 is 0 Å². The predicted octanol–water partition coefficient (Wildman–Crippen LogP) is 7.99. The Kier molecular flexibility index (Phi) is 8.65. The lowest BCUT2D eigenvalue weighted by molar-refractivity contribution is 0.0728. The number of ether oxygens (including phenoxy) is 2. The van der Waals surface area contributed by atoms with E-state index in [9.17, 15) is 4.79 Å². The first-order valence-corrected chi connectivity index (χ1v) is 14.4. The summed E-state index contributed by atoms with van der Waals surface area (Å²) < 4.78 is 11.8. The van der Waals surface area contributed by atoms with Crippen LogP contribution in [0.15, 0.2) is 66.7 Å². The maximum atomic E-state index is 13.6. The van der Waals surface area contributed by atoms with Crippen molar-refractivity contribution < 1.29 is 14.3 Å². The summed E-state index contributed by atoms with van der Waals surface area (Å²) >= 11 is 0. The molecule has 0 unspecified atom stereocenters. The van der Waals surface area contributed by atoms with Crippen molar-refractivity contribution in [3.8, 4) is 11.5 Å². The number of hydrogen-bond donors (Lipinski definition) is 0. The molecule has 0 radical (unpaired) electrons. The van der Waals surface area contributed by atoms with Crippen molar-refractivity contribution in [3.05, 3.63) is 83.4 Å². The zero-order valence-corrected chi connectivity index (χ0v) is 25.7.